The van der Waals surface area contributed by atoms with Crippen LogP contribution in [0, 0.1) is 0 Å². The lowest BCUT2D eigenvalue weighted by atomic mass is 10.1. The van der Waals surface area contributed by atoms with Crippen molar-refractivity contribution < 1.29 is 4.79 Å². The average Bonchev–Trinajstić information content (AvgIpc) is 2.28. The molecule has 0 spiro atoms. The number of aromatic amines is 1. The monoisotopic (exact) mass is 223 g/mol. The van der Waals surface area contributed by atoms with E-state index >= 15 is 0 Å². The Balaban J connectivity index is 2.42. The highest BCUT2D eigenvalue weighted by atomic mass is 16.2. The molecule has 1 aromatic heterocycles. The molecule has 1 rings (SSSR count). The van der Waals surface area contributed by atoms with Gasteiger partial charge in [0.05, 0.1) is 6.04 Å². The van der Waals surface area contributed by atoms with Crippen LogP contribution in [0.25, 0.3) is 0 Å². The molecule has 0 aliphatic rings. The van der Waals surface area contributed by atoms with E-state index in [1.807, 2.05) is 6.92 Å². The van der Waals surface area contributed by atoms with Crippen molar-refractivity contribution in [2.24, 2.45) is 5.73 Å². The summed E-state index contributed by atoms with van der Waals surface area (Å²) in [5.74, 6) is -0.159. The SMILES string of the molecule is CCCC(N)C(=O)NCc1ccc(=O)[nH]c1. The molecule has 5 nitrogen and oxygen atoms in total. The standard InChI is InChI=1S/C11H17N3O2/c1-2-3-9(12)11(16)14-7-8-4-5-10(15)13-6-8/h4-6,9H,2-3,7,12H2,1H3,(H,13,15)(H,14,16). The third-order valence-corrected chi connectivity index (χ3v) is 2.25. The number of carbonyl (C=O) groups excluding carboxylic acids is 1. The van der Waals surface area contributed by atoms with Gasteiger partial charge in [-0.1, -0.05) is 19.4 Å². The van der Waals surface area contributed by atoms with E-state index in [9.17, 15) is 9.59 Å². The summed E-state index contributed by atoms with van der Waals surface area (Å²) in [4.78, 5) is 24.8. The molecule has 16 heavy (non-hydrogen) atoms. The Labute approximate surface area is 94.1 Å². The van der Waals surface area contributed by atoms with E-state index in [1.54, 1.807) is 12.3 Å². The van der Waals surface area contributed by atoms with Gasteiger partial charge in [-0.15, -0.1) is 0 Å². The summed E-state index contributed by atoms with van der Waals surface area (Å²) in [7, 11) is 0. The molecule has 1 aromatic rings. The Hall–Kier alpha value is -1.62. The summed E-state index contributed by atoms with van der Waals surface area (Å²) >= 11 is 0. The number of rotatable bonds is 5. The zero-order valence-corrected chi connectivity index (χ0v) is 9.32. The molecule has 0 aromatic carbocycles. The normalized spacial score (nSPS) is 12.1. The predicted molar refractivity (Wildman–Crippen MR) is 61.8 cm³/mol. The van der Waals surface area contributed by atoms with Crippen LogP contribution in [0.1, 0.15) is 25.3 Å². The first-order valence-electron chi connectivity index (χ1n) is 5.34. The zero-order valence-electron chi connectivity index (χ0n) is 9.32. The molecule has 0 saturated carbocycles. The second kappa shape index (κ2) is 6.07. The number of pyridine rings is 1. The van der Waals surface area contributed by atoms with Gasteiger partial charge in [0.15, 0.2) is 0 Å². The third-order valence-electron chi connectivity index (χ3n) is 2.25. The van der Waals surface area contributed by atoms with Crippen LogP contribution in [-0.4, -0.2) is 16.9 Å². The Morgan fingerprint density at radius 3 is 2.88 bits per heavy atom. The van der Waals surface area contributed by atoms with Gasteiger partial charge in [-0.3, -0.25) is 9.59 Å². The van der Waals surface area contributed by atoms with Crippen LogP contribution in [0.3, 0.4) is 0 Å². The van der Waals surface area contributed by atoms with Gasteiger partial charge in [-0.2, -0.15) is 0 Å². The van der Waals surface area contributed by atoms with Gasteiger partial charge < -0.3 is 16.0 Å². The lowest BCUT2D eigenvalue weighted by Crippen LogP contribution is -2.40. The van der Waals surface area contributed by atoms with Crippen molar-refractivity contribution in [1.82, 2.24) is 10.3 Å². The fraction of sp³-hybridized carbons (Fsp3) is 0.455. The van der Waals surface area contributed by atoms with Crippen LogP contribution in [0.15, 0.2) is 23.1 Å². The summed E-state index contributed by atoms with van der Waals surface area (Å²) in [6.45, 7) is 2.36. The van der Waals surface area contributed by atoms with E-state index in [4.69, 9.17) is 5.73 Å². The molecule has 1 atom stereocenters. The van der Waals surface area contributed by atoms with Gasteiger partial charge >= 0.3 is 0 Å². The lowest BCUT2D eigenvalue weighted by molar-refractivity contribution is -0.122. The van der Waals surface area contributed by atoms with Crippen LogP contribution < -0.4 is 16.6 Å². The number of aromatic nitrogens is 1. The molecule has 88 valence electrons. The molecule has 0 aliphatic carbocycles. The Kier molecular flexibility index (Phi) is 4.72. The first-order chi connectivity index (χ1) is 7.63. The van der Waals surface area contributed by atoms with Crippen molar-refractivity contribution in [1.29, 1.82) is 0 Å². The first kappa shape index (κ1) is 12.4. The van der Waals surface area contributed by atoms with Crippen molar-refractivity contribution >= 4 is 5.91 Å². The van der Waals surface area contributed by atoms with Crippen LogP contribution in [-0.2, 0) is 11.3 Å². The summed E-state index contributed by atoms with van der Waals surface area (Å²) in [5.41, 5.74) is 6.34. The number of nitrogens with two attached hydrogens (primary N) is 1. The maximum atomic E-state index is 11.5. The minimum Gasteiger partial charge on any atom is -0.351 e. The Morgan fingerprint density at radius 1 is 1.56 bits per heavy atom. The van der Waals surface area contributed by atoms with Crippen molar-refractivity contribution in [3.63, 3.8) is 0 Å². The molecule has 1 unspecified atom stereocenters. The summed E-state index contributed by atoms with van der Waals surface area (Å²) < 4.78 is 0. The smallest absolute Gasteiger partial charge is 0.247 e. The van der Waals surface area contributed by atoms with E-state index in [2.05, 4.69) is 10.3 Å². The average molecular weight is 223 g/mol. The topological polar surface area (TPSA) is 88.0 Å². The minimum atomic E-state index is -0.451. The van der Waals surface area contributed by atoms with Gasteiger partial charge in [0.25, 0.3) is 0 Å². The molecule has 4 N–H and O–H groups in total. The van der Waals surface area contributed by atoms with Crippen molar-refractivity contribution in [2.45, 2.75) is 32.4 Å². The van der Waals surface area contributed by atoms with Crippen LogP contribution in [0.4, 0.5) is 0 Å². The number of carbonyl (C=O) groups is 1. The second-order valence-electron chi connectivity index (χ2n) is 3.67. The summed E-state index contributed by atoms with van der Waals surface area (Å²) in [6, 6.07) is 2.64. The van der Waals surface area contributed by atoms with Gasteiger partial charge in [0.2, 0.25) is 11.5 Å². The molecule has 1 amide bonds. The molecule has 0 bridgehead atoms. The Bertz CT molecular complexity index is 380. The van der Waals surface area contributed by atoms with E-state index in [0.717, 1.165) is 12.0 Å². The van der Waals surface area contributed by atoms with Gasteiger partial charge in [-0.25, -0.2) is 0 Å². The molecular formula is C11H17N3O2. The largest absolute Gasteiger partial charge is 0.351 e. The third kappa shape index (κ3) is 3.86. The number of nitrogens with one attached hydrogen (secondary N) is 2. The molecular weight excluding hydrogens is 206 g/mol. The van der Waals surface area contributed by atoms with E-state index < -0.39 is 6.04 Å². The Morgan fingerprint density at radius 2 is 2.31 bits per heavy atom. The van der Waals surface area contributed by atoms with Crippen molar-refractivity contribution in [2.75, 3.05) is 0 Å². The minimum absolute atomic E-state index is 0.155. The first-order valence-corrected chi connectivity index (χ1v) is 5.34. The van der Waals surface area contributed by atoms with Crippen LogP contribution in [0.2, 0.25) is 0 Å². The number of hydrogen-bond donors (Lipinski definition) is 3. The fourth-order valence-corrected chi connectivity index (χ4v) is 1.32. The molecule has 0 saturated heterocycles. The summed E-state index contributed by atoms with van der Waals surface area (Å²) in [5, 5.41) is 2.72. The maximum Gasteiger partial charge on any atom is 0.247 e. The van der Waals surface area contributed by atoms with Gasteiger partial charge in [0, 0.05) is 18.8 Å². The molecule has 5 heteroatoms. The highest BCUT2D eigenvalue weighted by Crippen LogP contribution is 1.95. The maximum absolute atomic E-state index is 11.5. The molecule has 0 radical (unpaired) electrons. The lowest BCUT2D eigenvalue weighted by Gasteiger charge is -2.10. The van der Waals surface area contributed by atoms with E-state index in [0.29, 0.717) is 13.0 Å². The highest BCUT2D eigenvalue weighted by molar-refractivity contribution is 5.81. The fourth-order valence-electron chi connectivity index (χ4n) is 1.32. The zero-order chi connectivity index (χ0) is 12.0. The predicted octanol–water partition coefficient (Wildman–Crippen LogP) is 0.118. The number of hydrogen-bond acceptors (Lipinski definition) is 3. The van der Waals surface area contributed by atoms with Gasteiger partial charge in [-0.05, 0) is 12.0 Å². The van der Waals surface area contributed by atoms with Crippen LogP contribution in [0.5, 0.6) is 0 Å². The molecule has 1 heterocycles. The van der Waals surface area contributed by atoms with E-state index in [1.165, 1.54) is 6.07 Å². The van der Waals surface area contributed by atoms with E-state index in [-0.39, 0.29) is 11.5 Å². The van der Waals surface area contributed by atoms with Crippen LogP contribution >= 0.6 is 0 Å². The number of H-pyrrole nitrogens is 1. The quantitative estimate of drug-likeness (QED) is 0.662. The number of amides is 1. The van der Waals surface area contributed by atoms with Crippen molar-refractivity contribution in [3.05, 3.63) is 34.2 Å². The van der Waals surface area contributed by atoms with Crippen molar-refractivity contribution in [3.8, 4) is 0 Å². The molecule has 0 aliphatic heterocycles. The molecule has 0 fully saturated rings. The highest BCUT2D eigenvalue weighted by Gasteiger charge is 2.11. The van der Waals surface area contributed by atoms with Gasteiger partial charge in [0.1, 0.15) is 0 Å². The second-order valence-corrected chi connectivity index (χ2v) is 3.67. The summed E-state index contributed by atoms with van der Waals surface area (Å²) in [6.07, 6.45) is 3.14.